The van der Waals surface area contributed by atoms with Crippen molar-refractivity contribution in [3.05, 3.63) is 0 Å². The van der Waals surface area contributed by atoms with Gasteiger partial charge in [-0.1, -0.05) is 0 Å². The van der Waals surface area contributed by atoms with Gasteiger partial charge in [-0.25, -0.2) is 0 Å². The molecule has 0 heterocycles. The molecule has 0 aromatic heterocycles. The lowest BCUT2D eigenvalue weighted by Gasteiger charge is -2.03. The van der Waals surface area contributed by atoms with E-state index >= 15 is 0 Å². The smallest absolute Gasteiger partial charge is 0.304 e. The van der Waals surface area contributed by atoms with Crippen molar-refractivity contribution >= 4 is 17.7 Å². The van der Waals surface area contributed by atoms with Gasteiger partial charge in [0.2, 0.25) is 5.44 Å². The van der Waals surface area contributed by atoms with Crippen molar-refractivity contribution in [3.63, 3.8) is 0 Å². The van der Waals surface area contributed by atoms with E-state index < -0.39 is 11.4 Å². The molecule has 0 aliphatic rings. The molecule has 0 aromatic carbocycles. The van der Waals surface area contributed by atoms with Gasteiger partial charge in [-0.2, -0.15) is 5.26 Å². The second-order valence-electron chi connectivity index (χ2n) is 1.31. The molecule has 50 valence electrons. The Morgan fingerprint density at radius 2 is 2.44 bits per heavy atom. The molecule has 3 nitrogen and oxygen atoms in total. The van der Waals surface area contributed by atoms with Crippen molar-refractivity contribution in [1.29, 1.82) is 5.26 Å². The van der Waals surface area contributed by atoms with E-state index in [1.165, 1.54) is 18.7 Å². The Morgan fingerprint density at radius 1 is 1.89 bits per heavy atom. The zero-order valence-corrected chi connectivity index (χ0v) is 6.07. The Bertz CT molecular complexity index is 140. The van der Waals surface area contributed by atoms with Gasteiger partial charge in [0.15, 0.2) is 0 Å². The van der Waals surface area contributed by atoms with Gasteiger partial charge < -0.3 is 4.74 Å². The van der Waals surface area contributed by atoms with Gasteiger partial charge in [0.25, 0.3) is 0 Å². The van der Waals surface area contributed by atoms with Crippen LogP contribution in [0.3, 0.4) is 0 Å². The molecule has 0 spiro atoms. The van der Waals surface area contributed by atoms with Gasteiger partial charge in [0.05, 0.1) is 0 Å². The molecule has 0 radical (unpaired) electrons. The van der Waals surface area contributed by atoms with Crippen molar-refractivity contribution in [3.8, 4) is 6.07 Å². The molecule has 1 atom stereocenters. The van der Waals surface area contributed by atoms with Gasteiger partial charge >= 0.3 is 5.97 Å². The summed E-state index contributed by atoms with van der Waals surface area (Å²) >= 11 is 1.19. The third-order valence-electron chi connectivity index (χ3n) is 0.592. The van der Waals surface area contributed by atoms with Crippen LogP contribution in [-0.4, -0.2) is 17.7 Å². The van der Waals surface area contributed by atoms with E-state index in [9.17, 15) is 4.79 Å². The van der Waals surface area contributed by atoms with Crippen molar-refractivity contribution in [2.45, 2.75) is 12.4 Å². The second-order valence-corrected chi connectivity index (χ2v) is 2.21. The van der Waals surface area contributed by atoms with Crippen LogP contribution in [0, 0.1) is 11.3 Å². The molecule has 0 fully saturated rings. The molecule has 0 N–H and O–H groups in total. The predicted molar refractivity (Wildman–Crippen MR) is 34.7 cm³/mol. The lowest BCUT2D eigenvalue weighted by molar-refractivity contribution is -0.140. The highest BCUT2D eigenvalue weighted by molar-refractivity contribution is 7.99. The zero-order chi connectivity index (χ0) is 7.28. The van der Waals surface area contributed by atoms with Crippen molar-refractivity contribution in [1.82, 2.24) is 0 Å². The minimum absolute atomic E-state index is 0.420. The fourth-order valence-electron chi connectivity index (χ4n) is 0.278. The first-order chi connectivity index (χ1) is 4.20. The van der Waals surface area contributed by atoms with Crippen molar-refractivity contribution < 1.29 is 9.53 Å². The molecular formula is C5H7NO2S. The van der Waals surface area contributed by atoms with Crippen LogP contribution >= 0.6 is 11.8 Å². The summed E-state index contributed by atoms with van der Waals surface area (Å²) in [6.45, 7) is 1.28. The number of hydrogen-bond donors (Lipinski definition) is 0. The summed E-state index contributed by atoms with van der Waals surface area (Å²) in [6.07, 6.45) is 1.71. The van der Waals surface area contributed by atoms with Gasteiger partial charge in [-0.3, -0.25) is 4.79 Å². The van der Waals surface area contributed by atoms with Gasteiger partial charge in [0, 0.05) is 6.92 Å². The second kappa shape index (κ2) is 4.21. The highest BCUT2D eigenvalue weighted by atomic mass is 32.2. The highest BCUT2D eigenvalue weighted by Gasteiger charge is 2.05. The van der Waals surface area contributed by atoms with E-state index in [4.69, 9.17) is 5.26 Å². The van der Waals surface area contributed by atoms with Crippen LogP contribution in [0.1, 0.15) is 6.92 Å². The Balaban J connectivity index is 3.60. The fourth-order valence-corrected chi connectivity index (χ4v) is 0.615. The maximum absolute atomic E-state index is 10.2. The predicted octanol–water partition coefficient (Wildman–Crippen LogP) is 0.762. The standard InChI is InChI=1S/C5H7NO2S/c1-4(7)8-5(3-6)9-2/h5H,1-2H3. The van der Waals surface area contributed by atoms with Gasteiger partial charge in [0.1, 0.15) is 6.07 Å². The Hall–Kier alpha value is -0.690. The normalized spacial score (nSPS) is 11.7. The van der Waals surface area contributed by atoms with E-state index in [1.807, 2.05) is 0 Å². The van der Waals surface area contributed by atoms with Crippen LogP contribution < -0.4 is 0 Å². The monoisotopic (exact) mass is 145 g/mol. The summed E-state index contributed by atoms with van der Waals surface area (Å²) in [5, 5.41) is 8.23. The number of hydrogen-bond acceptors (Lipinski definition) is 4. The number of esters is 1. The molecule has 0 bridgehead atoms. The van der Waals surface area contributed by atoms with Crippen LogP contribution in [0.4, 0.5) is 0 Å². The molecule has 4 heteroatoms. The summed E-state index contributed by atoms with van der Waals surface area (Å²) < 4.78 is 4.51. The summed E-state index contributed by atoms with van der Waals surface area (Å²) in [5.74, 6) is -0.420. The third-order valence-corrected chi connectivity index (χ3v) is 1.22. The number of carbonyl (C=O) groups excluding carboxylic acids is 1. The maximum atomic E-state index is 10.2. The number of nitrogens with zero attached hydrogens (tertiary/aromatic N) is 1. The quantitative estimate of drug-likeness (QED) is 0.425. The van der Waals surface area contributed by atoms with E-state index in [-0.39, 0.29) is 0 Å². The third kappa shape index (κ3) is 3.86. The van der Waals surface area contributed by atoms with Crippen LogP contribution in [0.25, 0.3) is 0 Å². The number of nitriles is 1. The molecule has 0 aromatic rings. The van der Waals surface area contributed by atoms with Gasteiger partial charge in [-0.05, 0) is 6.26 Å². The minimum atomic E-state index is -0.650. The Morgan fingerprint density at radius 3 is 2.56 bits per heavy atom. The molecule has 0 saturated carbocycles. The fraction of sp³-hybridized carbons (Fsp3) is 0.600. The molecule has 0 aliphatic heterocycles. The average molecular weight is 145 g/mol. The lowest BCUT2D eigenvalue weighted by Crippen LogP contribution is -2.08. The first-order valence-electron chi connectivity index (χ1n) is 2.30. The molecule has 0 rings (SSSR count). The molecular weight excluding hydrogens is 138 g/mol. The molecule has 0 aliphatic carbocycles. The van der Waals surface area contributed by atoms with Crippen molar-refractivity contribution in [2.75, 3.05) is 6.26 Å². The van der Waals surface area contributed by atoms with Crippen LogP contribution in [0.5, 0.6) is 0 Å². The average Bonchev–Trinajstić information content (AvgIpc) is 1.82. The largest absolute Gasteiger partial charge is 0.437 e. The van der Waals surface area contributed by atoms with E-state index in [0.29, 0.717) is 0 Å². The van der Waals surface area contributed by atoms with Crippen molar-refractivity contribution in [2.24, 2.45) is 0 Å². The number of thioether (sulfide) groups is 1. The molecule has 1 unspecified atom stereocenters. The molecule has 0 saturated heterocycles. The van der Waals surface area contributed by atoms with E-state index in [1.54, 1.807) is 12.3 Å². The van der Waals surface area contributed by atoms with Gasteiger partial charge in [-0.15, -0.1) is 11.8 Å². The summed E-state index contributed by atoms with van der Waals surface area (Å²) in [7, 11) is 0. The highest BCUT2D eigenvalue weighted by Crippen LogP contribution is 2.05. The summed E-state index contributed by atoms with van der Waals surface area (Å²) in [5.41, 5.74) is -0.650. The first-order valence-corrected chi connectivity index (χ1v) is 3.59. The maximum Gasteiger partial charge on any atom is 0.304 e. The number of rotatable bonds is 2. The lowest BCUT2D eigenvalue weighted by atomic mass is 10.7. The summed E-state index contributed by atoms with van der Waals surface area (Å²) in [6, 6.07) is 1.80. The first kappa shape index (κ1) is 8.31. The Labute approximate surface area is 58.0 Å². The zero-order valence-electron chi connectivity index (χ0n) is 5.25. The Kier molecular flexibility index (Phi) is 3.89. The van der Waals surface area contributed by atoms with Crippen LogP contribution in [0.15, 0.2) is 0 Å². The SMILES string of the molecule is CSC(C#N)OC(C)=O. The molecule has 9 heavy (non-hydrogen) atoms. The van der Waals surface area contributed by atoms with E-state index in [2.05, 4.69) is 4.74 Å². The minimum Gasteiger partial charge on any atom is -0.437 e. The van der Waals surface area contributed by atoms with Crippen LogP contribution in [-0.2, 0) is 9.53 Å². The number of ether oxygens (including phenoxy) is 1. The topological polar surface area (TPSA) is 50.1 Å². The number of carbonyl (C=O) groups is 1. The van der Waals surface area contributed by atoms with E-state index in [0.717, 1.165) is 0 Å². The molecule has 0 amide bonds. The van der Waals surface area contributed by atoms with Crippen LogP contribution in [0.2, 0.25) is 0 Å². The summed E-state index contributed by atoms with van der Waals surface area (Å²) in [4.78, 5) is 10.2.